The highest BCUT2D eigenvalue weighted by molar-refractivity contribution is 7.47. The van der Waals surface area contributed by atoms with Gasteiger partial charge >= 0.3 is 13.5 Å². The highest BCUT2D eigenvalue weighted by Gasteiger charge is 2.47. The van der Waals surface area contributed by atoms with Crippen LogP contribution in [0.15, 0.2) is 9.59 Å². The Labute approximate surface area is 110 Å². The Bertz CT molecular complexity index is 700. The fourth-order valence-corrected chi connectivity index (χ4v) is 3.20. The molecule has 0 spiro atoms. The molecule has 11 heteroatoms. The fourth-order valence-electron chi connectivity index (χ4n) is 2.24. The maximum absolute atomic E-state index is 13.7. The molecule has 0 bridgehead atoms. The van der Waals surface area contributed by atoms with Gasteiger partial charge in [0.2, 0.25) is 5.82 Å². The van der Waals surface area contributed by atoms with Crippen LogP contribution in [0.5, 0.6) is 0 Å². The zero-order valence-corrected chi connectivity index (χ0v) is 10.8. The Morgan fingerprint density at radius 3 is 2.80 bits per heavy atom. The average Bonchev–Trinajstić information content (AvgIpc) is 2.74. The molecule has 1 aromatic heterocycles. The topological polar surface area (TPSA) is 131 Å². The molecule has 3 N–H and O–H groups in total. The predicted molar refractivity (Wildman–Crippen MR) is 60.5 cm³/mol. The monoisotopic (exact) mass is 308 g/mol. The van der Waals surface area contributed by atoms with Gasteiger partial charge in [0.15, 0.2) is 0 Å². The van der Waals surface area contributed by atoms with E-state index in [1.165, 1.54) is 0 Å². The number of H-pyrrole nitrogens is 2. The van der Waals surface area contributed by atoms with Crippen molar-refractivity contribution in [3.63, 3.8) is 0 Å². The van der Waals surface area contributed by atoms with Gasteiger partial charge in [-0.1, -0.05) is 0 Å². The van der Waals surface area contributed by atoms with Crippen molar-refractivity contribution in [3.05, 3.63) is 32.3 Å². The van der Waals surface area contributed by atoms with E-state index in [9.17, 15) is 23.4 Å². The van der Waals surface area contributed by atoms with Crippen molar-refractivity contribution < 1.29 is 27.6 Å². The van der Waals surface area contributed by atoms with Crippen LogP contribution in [0.3, 0.4) is 0 Å². The van der Waals surface area contributed by atoms with Crippen LogP contribution in [0.25, 0.3) is 0 Å². The number of phosphoric ester groups is 1. The SMILES string of the molecule is O=c1[nH]c([C@H]2C[C@@H]3OP(=O)(O)OC[C@H]3O2)c(F)c(=O)[nH]1. The van der Waals surface area contributed by atoms with Crippen molar-refractivity contribution in [2.24, 2.45) is 0 Å². The second-order valence-corrected chi connectivity index (χ2v) is 5.85. The molecule has 2 saturated heterocycles. The van der Waals surface area contributed by atoms with Crippen molar-refractivity contribution in [2.45, 2.75) is 24.7 Å². The molecular weight excluding hydrogens is 298 g/mol. The molecule has 1 unspecified atom stereocenters. The summed E-state index contributed by atoms with van der Waals surface area (Å²) < 4.78 is 39.7. The summed E-state index contributed by atoms with van der Waals surface area (Å²) in [6.07, 6.45) is -2.38. The molecule has 2 aliphatic heterocycles. The van der Waals surface area contributed by atoms with Crippen molar-refractivity contribution in [3.8, 4) is 0 Å². The number of hydrogen-bond donors (Lipinski definition) is 3. The third-order valence-corrected chi connectivity index (χ3v) is 4.12. The van der Waals surface area contributed by atoms with Gasteiger partial charge in [0.05, 0.1) is 12.3 Å². The summed E-state index contributed by atoms with van der Waals surface area (Å²) in [5.74, 6) is -1.17. The minimum atomic E-state index is -4.12. The molecule has 9 nitrogen and oxygen atoms in total. The molecule has 2 fully saturated rings. The van der Waals surface area contributed by atoms with Gasteiger partial charge in [0, 0.05) is 6.42 Å². The molecule has 2 aliphatic rings. The molecule has 0 amide bonds. The number of phosphoric acid groups is 1. The molecule has 0 radical (unpaired) electrons. The normalized spacial score (nSPS) is 36.8. The van der Waals surface area contributed by atoms with Crippen LogP contribution in [0.2, 0.25) is 0 Å². The number of rotatable bonds is 1. The van der Waals surface area contributed by atoms with E-state index in [4.69, 9.17) is 9.26 Å². The van der Waals surface area contributed by atoms with Gasteiger partial charge in [-0.3, -0.25) is 18.8 Å². The van der Waals surface area contributed by atoms with Crippen LogP contribution in [-0.2, 0) is 18.3 Å². The van der Waals surface area contributed by atoms with E-state index >= 15 is 0 Å². The van der Waals surface area contributed by atoms with E-state index in [-0.39, 0.29) is 18.7 Å². The molecule has 0 aromatic carbocycles. The molecule has 1 aromatic rings. The average molecular weight is 308 g/mol. The Balaban J connectivity index is 1.90. The lowest BCUT2D eigenvalue weighted by molar-refractivity contribution is -0.0539. The first-order chi connectivity index (χ1) is 9.35. The first kappa shape index (κ1) is 13.7. The van der Waals surface area contributed by atoms with Crippen molar-refractivity contribution in [1.82, 2.24) is 9.97 Å². The molecule has 0 saturated carbocycles. The Kier molecular flexibility index (Phi) is 3.14. The summed E-state index contributed by atoms with van der Waals surface area (Å²) in [6, 6.07) is 0. The van der Waals surface area contributed by atoms with Gasteiger partial charge in [-0.2, -0.15) is 4.39 Å². The third kappa shape index (κ3) is 2.36. The van der Waals surface area contributed by atoms with Gasteiger partial charge in [0.25, 0.3) is 5.56 Å². The molecule has 0 aliphatic carbocycles. The van der Waals surface area contributed by atoms with Crippen LogP contribution in [0, 0.1) is 5.82 Å². The van der Waals surface area contributed by atoms with Crippen molar-refractivity contribution in [1.29, 1.82) is 0 Å². The second kappa shape index (κ2) is 4.61. The standard InChI is InChI=1S/C9H10FN2O7P/c10-6-7(11-9(14)12-8(6)13)4-1-3-5(18-4)2-17-20(15,16)19-3/h3-5H,1-2H2,(H,15,16)(H2,11,12,13,14)/t3-,4+,5+/m0/s1. The zero-order chi connectivity index (χ0) is 14.5. The minimum absolute atomic E-state index is 0.0227. The van der Waals surface area contributed by atoms with Gasteiger partial charge in [-0.25, -0.2) is 9.36 Å². The summed E-state index contributed by atoms with van der Waals surface area (Å²) in [4.78, 5) is 35.4. The smallest absolute Gasteiger partial charge is 0.363 e. The molecule has 3 heterocycles. The van der Waals surface area contributed by atoms with Crippen molar-refractivity contribution >= 4 is 7.82 Å². The van der Waals surface area contributed by atoms with E-state index in [1.54, 1.807) is 4.98 Å². The highest BCUT2D eigenvalue weighted by Crippen LogP contribution is 2.52. The number of halogens is 1. The summed E-state index contributed by atoms with van der Waals surface area (Å²) >= 11 is 0. The number of fused-ring (bicyclic) bond motifs is 1. The van der Waals surface area contributed by atoms with Crippen molar-refractivity contribution in [2.75, 3.05) is 6.61 Å². The molecule has 4 atom stereocenters. The van der Waals surface area contributed by atoms with Gasteiger partial charge in [-0.05, 0) is 0 Å². The number of nitrogens with one attached hydrogen (secondary N) is 2. The second-order valence-electron chi connectivity index (χ2n) is 4.44. The number of aromatic amines is 2. The van der Waals surface area contributed by atoms with Gasteiger partial charge in [-0.15, -0.1) is 0 Å². The van der Waals surface area contributed by atoms with E-state index in [0.717, 1.165) is 0 Å². The van der Waals surface area contributed by atoms with Crippen LogP contribution in [-0.4, -0.2) is 33.7 Å². The summed E-state index contributed by atoms with van der Waals surface area (Å²) in [6.45, 7) is -0.190. The Hall–Kier alpha value is -1.32. The van der Waals surface area contributed by atoms with Crippen LogP contribution in [0.4, 0.5) is 4.39 Å². The van der Waals surface area contributed by atoms with Crippen LogP contribution >= 0.6 is 7.82 Å². The first-order valence-electron chi connectivity index (χ1n) is 5.69. The predicted octanol–water partition coefficient (Wildman–Crippen LogP) is -0.452. The Morgan fingerprint density at radius 1 is 1.30 bits per heavy atom. The molecule has 110 valence electrons. The Morgan fingerprint density at radius 2 is 2.05 bits per heavy atom. The number of aromatic nitrogens is 2. The van der Waals surface area contributed by atoms with Gasteiger partial charge < -0.3 is 14.6 Å². The van der Waals surface area contributed by atoms with E-state index < -0.39 is 43.2 Å². The number of hydrogen-bond acceptors (Lipinski definition) is 6. The van der Waals surface area contributed by atoms with Gasteiger partial charge in [0.1, 0.15) is 18.3 Å². The minimum Gasteiger partial charge on any atom is -0.363 e. The summed E-state index contributed by atoms with van der Waals surface area (Å²) in [5.41, 5.74) is -2.34. The molecule has 20 heavy (non-hydrogen) atoms. The maximum Gasteiger partial charge on any atom is 0.472 e. The van der Waals surface area contributed by atoms with Crippen LogP contribution < -0.4 is 11.2 Å². The third-order valence-electron chi connectivity index (χ3n) is 3.10. The summed E-state index contributed by atoms with van der Waals surface area (Å²) in [5, 5.41) is 0. The number of ether oxygens (including phenoxy) is 1. The summed E-state index contributed by atoms with van der Waals surface area (Å²) in [7, 11) is -4.12. The van der Waals surface area contributed by atoms with E-state index in [2.05, 4.69) is 9.51 Å². The van der Waals surface area contributed by atoms with Crippen LogP contribution in [0.1, 0.15) is 18.2 Å². The largest absolute Gasteiger partial charge is 0.472 e. The lowest BCUT2D eigenvalue weighted by Gasteiger charge is -2.26. The maximum atomic E-state index is 13.7. The van der Waals surface area contributed by atoms with E-state index in [0.29, 0.717) is 0 Å². The fraction of sp³-hybridized carbons (Fsp3) is 0.556. The molecule has 3 rings (SSSR count). The lowest BCUT2D eigenvalue weighted by Crippen LogP contribution is -2.32. The molecular formula is C9H10FN2O7P. The highest BCUT2D eigenvalue weighted by atomic mass is 31.2. The first-order valence-corrected chi connectivity index (χ1v) is 7.18. The zero-order valence-electron chi connectivity index (χ0n) is 9.87. The van der Waals surface area contributed by atoms with E-state index in [1.807, 2.05) is 0 Å². The lowest BCUT2D eigenvalue weighted by atomic mass is 10.1. The quantitative estimate of drug-likeness (QED) is 0.599.